The van der Waals surface area contributed by atoms with Gasteiger partial charge in [0, 0.05) is 41.7 Å². The quantitative estimate of drug-likeness (QED) is 0.504. The molecule has 0 bridgehead atoms. The number of ether oxygens (including phenoxy) is 1. The molecule has 0 spiro atoms. The maximum absolute atomic E-state index is 13.5. The van der Waals surface area contributed by atoms with E-state index in [4.69, 9.17) is 4.74 Å². The summed E-state index contributed by atoms with van der Waals surface area (Å²) in [5, 5.41) is 15.5. The maximum Gasteiger partial charge on any atom is 0.258 e. The van der Waals surface area contributed by atoms with Crippen LogP contribution in [0, 0.1) is 5.92 Å². The topological polar surface area (TPSA) is 95.0 Å². The lowest BCUT2D eigenvalue weighted by molar-refractivity contribution is 0.0365. The Morgan fingerprint density at radius 2 is 2.03 bits per heavy atom. The van der Waals surface area contributed by atoms with Gasteiger partial charge in [-0.05, 0) is 45.3 Å². The molecule has 0 aliphatic carbocycles. The van der Waals surface area contributed by atoms with Crippen molar-refractivity contribution in [2.45, 2.75) is 26.0 Å². The molecule has 2 aromatic carbocycles. The highest BCUT2D eigenvalue weighted by molar-refractivity contribution is 7.13. The molecule has 8 nitrogen and oxygen atoms in total. The van der Waals surface area contributed by atoms with Crippen LogP contribution in [0.3, 0.4) is 0 Å². The van der Waals surface area contributed by atoms with Crippen molar-refractivity contribution >= 4 is 28.8 Å². The molecule has 9 heteroatoms. The van der Waals surface area contributed by atoms with Gasteiger partial charge in [-0.2, -0.15) is 0 Å². The minimum Gasteiger partial charge on any atom is -0.486 e. The number of hydrogen-bond acceptors (Lipinski definition) is 7. The fourth-order valence-corrected chi connectivity index (χ4v) is 4.89. The van der Waals surface area contributed by atoms with Crippen molar-refractivity contribution < 1.29 is 19.4 Å². The van der Waals surface area contributed by atoms with E-state index < -0.39 is 0 Å². The lowest BCUT2D eigenvalue weighted by atomic mass is 9.99. The molecule has 190 valence electrons. The second kappa shape index (κ2) is 11.2. The van der Waals surface area contributed by atoms with Crippen molar-refractivity contribution in [2.24, 2.45) is 5.92 Å². The Morgan fingerprint density at radius 3 is 2.67 bits per heavy atom. The number of likely N-dealkylation sites (N-methyl/N-ethyl adjacent to an activating group) is 1. The Labute approximate surface area is 215 Å². The number of rotatable bonds is 7. The van der Waals surface area contributed by atoms with E-state index >= 15 is 0 Å². The van der Waals surface area contributed by atoms with E-state index in [0.717, 1.165) is 10.6 Å². The van der Waals surface area contributed by atoms with Crippen molar-refractivity contribution in [1.82, 2.24) is 14.8 Å². The smallest absolute Gasteiger partial charge is 0.258 e. The van der Waals surface area contributed by atoms with E-state index in [9.17, 15) is 14.7 Å². The van der Waals surface area contributed by atoms with Crippen LogP contribution in [-0.2, 0) is 0 Å². The first-order valence-electron chi connectivity index (χ1n) is 12.0. The number of aliphatic hydroxyl groups excluding tert-OH is 1. The number of fused-ring (bicyclic) bond motifs is 1. The van der Waals surface area contributed by atoms with Gasteiger partial charge >= 0.3 is 0 Å². The minimum atomic E-state index is -0.347. The number of benzene rings is 2. The zero-order valence-electron chi connectivity index (χ0n) is 21.0. The van der Waals surface area contributed by atoms with E-state index in [2.05, 4.69) is 10.3 Å². The summed E-state index contributed by atoms with van der Waals surface area (Å²) in [6.45, 7) is 4.82. The van der Waals surface area contributed by atoms with Crippen LogP contribution in [-0.4, -0.2) is 77.6 Å². The summed E-state index contributed by atoms with van der Waals surface area (Å²) < 4.78 is 6.45. The molecule has 1 aliphatic rings. The number of carbonyl (C=O) groups excluding carboxylic acids is 2. The van der Waals surface area contributed by atoms with Gasteiger partial charge in [-0.1, -0.05) is 25.1 Å². The van der Waals surface area contributed by atoms with E-state index in [-0.39, 0.29) is 36.5 Å². The largest absolute Gasteiger partial charge is 0.486 e. The Hall–Kier alpha value is -3.27. The van der Waals surface area contributed by atoms with Crippen molar-refractivity contribution in [3.8, 4) is 16.3 Å². The summed E-state index contributed by atoms with van der Waals surface area (Å²) in [5.74, 6) is -0.181. The third-order valence-electron chi connectivity index (χ3n) is 6.31. The summed E-state index contributed by atoms with van der Waals surface area (Å²) in [5.41, 5.74) is 2.23. The van der Waals surface area contributed by atoms with Crippen LogP contribution >= 0.6 is 11.3 Å². The van der Waals surface area contributed by atoms with Gasteiger partial charge in [0.2, 0.25) is 0 Å². The zero-order chi connectivity index (χ0) is 25.8. The molecule has 36 heavy (non-hydrogen) atoms. The molecular weight excluding hydrogens is 476 g/mol. The first-order chi connectivity index (χ1) is 17.3. The van der Waals surface area contributed by atoms with Crippen molar-refractivity contribution in [2.75, 3.05) is 39.1 Å². The van der Waals surface area contributed by atoms with E-state index in [1.54, 1.807) is 41.4 Å². The molecular formula is C27H32N4O4S. The van der Waals surface area contributed by atoms with Crippen molar-refractivity contribution in [3.63, 3.8) is 0 Å². The monoisotopic (exact) mass is 508 g/mol. The van der Waals surface area contributed by atoms with Gasteiger partial charge in [0.25, 0.3) is 11.8 Å². The summed E-state index contributed by atoms with van der Waals surface area (Å²) in [7, 11) is 3.94. The molecule has 2 N–H and O–H groups in total. The Balaban J connectivity index is 1.66. The first kappa shape index (κ1) is 25.8. The SMILES string of the molecule is C[C@@H]1CN([C@H](C)CO)C(=O)c2cccc(NC(=O)c3ccc(-c4nccs4)cc3)c2O[C@H]1CN(C)C. The zero-order valence-corrected chi connectivity index (χ0v) is 21.8. The van der Waals surface area contributed by atoms with E-state index in [1.165, 1.54) is 11.3 Å². The molecule has 2 amide bonds. The number of para-hydroxylation sites is 1. The lowest BCUT2D eigenvalue weighted by Gasteiger charge is -2.38. The fraction of sp³-hybridized carbons (Fsp3) is 0.370. The van der Waals surface area contributed by atoms with Crippen LogP contribution in [0.5, 0.6) is 5.75 Å². The van der Waals surface area contributed by atoms with Gasteiger partial charge in [-0.15, -0.1) is 11.3 Å². The number of nitrogens with zero attached hydrogens (tertiary/aromatic N) is 3. The Kier molecular flexibility index (Phi) is 8.03. The molecule has 3 atom stereocenters. The van der Waals surface area contributed by atoms with Crippen LogP contribution in [0.25, 0.3) is 10.6 Å². The number of hydrogen-bond donors (Lipinski definition) is 2. The van der Waals surface area contributed by atoms with Crippen LogP contribution in [0.2, 0.25) is 0 Å². The number of amides is 2. The predicted molar refractivity (Wildman–Crippen MR) is 142 cm³/mol. The third kappa shape index (κ3) is 5.59. The van der Waals surface area contributed by atoms with Crippen LogP contribution in [0.1, 0.15) is 34.6 Å². The van der Waals surface area contributed by atoms with E-state index in [0.29, 0.717) is 35.7 Å². The van der Waals surface area contributed by atoms with Crippen molar-refractivity contribution in [3.05, 3.63) is 65.2 Å². The van der Waals surface area contributed by atoms with Gasteiger partial charge in [-0.25, -0.2) is 4.98 Å². The number of nitrogens with one attached hydrogen (secondary N) is 1. The van der Waals surface area contributed by atoms with E-state index in [1.807, 2.05) is 50.4 Å². The highest BCUT2D eigenvalue weighted by atomic mass is 32.1. The fourth-order valence-electron chi connectivity index (χ4n) is 4.24. The summed E-state index contributed by atoms with van der Waals surface area (Å²) in [6.07, 6.45) is 1.52. The number of carbonyl (C=O) groups is 2. The molecule has 3 aromatic rings. The van der Waals surface area contributed by atoms with Gasteiger partial charge in [0.1, 0.15) is 11.1 Å². The number of anilines is 1. The number of aromatic nitrogens is 1. The predicted octanol–water partition coefficient (Wildman–Crippen LogP) is 3.84. The molecule has 2 heterocycles. The second-order valence-corrected chi connectivity index (χ2v) is 10.3. The molecule has 0 unspecified atom stereocenters. The second-order valence-electron chi connectivity index (χ2n) is 9.44. The molecule has 1 aliphatic heterocycles. The first-order valence-corrected chi connectivity index (χ1v) is 12.8. The van der Waals surface area contributed by atoms with Gasteiger partial charge in [0.05, 0.1) is 23.9 Å². The molecule has 1 aromatic heterocycles. The normalized spacial score (nSPS) is 18.7. The molecule has 0 radical (unpaired) electrons. The Morgan fingerprint density at radius 1 is 1.28 bits per heavy atom. The molecule has 0 saturated carbocycles. The highest BCUT2D eigenvalue weighted by Crippen LogP contribution is 2.35. The Bertz CT molecular complexity index is 1200. The van der Waals surface area contributed by atoms with Gasteiger partial charge < -0.3 is 25.0 Å². The van der Waals surface area contributed by atoms with Crippen LogP contribution in [0.15, 0.2) is 54.0 Å². The number of aliphatic hydroxyl groups is 1. The molecule has 0 saturated heterocycles. The maximum atomic E-state index is 13.5. The summed E-state index contributed by atoms with van der Waals surface area (Å²) >= 11 is 1.54. The average molecular weight is 509 g/mol. The number of thiazole rings is 1. The van der Waals surface area contributed by atoms with Crippen molar-refractivity contribution in [1.29, 1.82) is 0 Å². The standard InChI is InChI=1S/C27H32N4O4S/c1-17-14-31(18(2)16-32)27(34)21-6-5-7-22(24(21)35-23(17)15-30(3)4)29-25(33)19-8-10-20(11-9-19)26-28-12-13-36-26/h5-13,17-18,23,32H,14-16H2,1-4H3,(H,29,33)/t17-,18-,23+/m1/s1. The van der Waals surface area contributed by atoms with Gasteiger partial charge in [0.15, 0.2) is 5.75 Å². The van der Waals surface area contributed by atoms with Crippen LogP contribution in [0.4, 0.5) is 5.69 Å². The average Bonchev–Trinajstić information content (AvgIpc) is 3.41. The third-order valence-corrected chi connectivity index (χ3v) is 7.13. The molecule has 0 fully saturated rings. The summed E-state index contributed by atoms with van der Waals surface area (Å²) in [6, 6.07) is 12.1. The minimum absolute atomic E-state index is 0.000614. The molecule has 4 rings (SSSR count). The highest BCUT2D eigenvalue weighted by Gasteiger charge is 2.34. The van der Waals surface area contributed by atoms with Gasteiger partial charge in [-0.3, -0.25) is 9.59 Å². The lowest BCUT2D eigenvalue weighted by Crippen LogP contribution is -2.49. The van der Waals surface area contributed by atoms with Crippen LogP contribution < -0.4 is 10.1 Å². The summed E-state index contributed by atoms with van der Waals surface area (Å²) in [4.78, 5) is 34.7.